The van der Waals surface area contributed by atoms with Gasteiger partial charge in [-0.3, -0.25) is 0 Å². The third-order valence-electron chi connectivity index (χ3n) is 2.27. The van der Waals surface area contributed by atoms with Crippen LogP contribution in [0.2, 0.25) is 0 Å². The molecule has 1 heterocycles. The first kappa shape index (κ1) is 14.1. The molecule has 1 aromatic rings. The summed E-state index contributed by atoms with van der Waals surface area (Å²) in [5.41, 5.74) is 5.56. The highest BCUT2D eigenvalue weighted by molar-refractivity contribution is 4.98. The normalized spacial score (nSPS) is 13.1. The summed E-state index contributed by atoms with van der Waals surface area (Å²) in [6, 6.07) is 0. The third kappa shape index (κ3) is 5.28. The van der Waals surface area contributed by atoms with E-state index in [0.29, 0.717) is 24.9 Å². The second-order valence-corrected chi connectivity index (χ2v) is 6.10. The summed E-state index contributed by atoms with van der Waals surface area (Å²) in [5.74, 6) is 0.986. The van der Waals surface area contributed by atoms with Crippen LogP contribution in [0.15, 0.2) is 4.52 Å². The fourth-order valence-electron chi connectivity index (χ4n) is 1.11. The number of rotatable bonds is 5. The standard InChI is InChI=1S/C12H23N3O2/c1-11(2,3)6-7-16-8-9-14-10(15-17-9)12(4,5)13/h6-8,13H2,1-5H3. The molecular weight excluding hydrogens is 218 g/mol. The molecule has 98 valence electrons. The van der Waals surface area contributed by atoms with Crippen molar-refractivity contribution in [2.45, 2.75) is 53.2 Å². The van der Waals surface area contributed by atoms with E-state index >= 15 is 0 Å². The zero-order valence-electron chi connectivity index (χ0n) is 11.4. The molecule has 0 saturated heterocycles. The Morgan fingerprint density at radius 2 is 1.88 bits per heavy atom. The van der Waals surface area contributed by atoms with Gasteiger partial charge < -0.3 is 15.0 Å². The first-order valence-corrected chi connectivity index (χ1v) is 5.88. The Bertz CT molecular complexity index is 347. The average Bonchev–Trinajstić information content (AvgIpc) is 2.58. The van der Waals surface area contributed by atoms with Crippen LogP contribution in [0, 0.1) is 5.41 Å². The minimum absolute atomic E-state index is 0.277. The van der Waals surface area contributed by atoms with Crippen LogP contribution < -0.4 is 5.73 Å². The van der Waals surface area contributed by atoms with Crippen LogP contribution >= 0.6 is 0 Å². The van der Waals surface area contributed by atoms with Crippen molar-refractivity contribution < 1.29 is 9.26 Å². The van der Waals surface area contributed by atoms with E-state index in [1.807, 2.05) is 13.8 Å². The average molecular weight is 241 g/mol. The predicted octanol–water partition coefficient (Wildman–Crippen LogP) is 2.22. The van der Waals surface area contributed by atoms with Crippen molar-refractivity contribution in [3.05, 3.63) is 11.7 Å². The lowest BCUT2D eigenvalue weighted by atomic mass is 9.93. The molecule has 17 heavy (non-hydrogen) atoms. The maximum absolute atomic E-state index is 5.86. The van der Waals surface area contributed by atoms with E-state index in [2.05, 4.69) is 30.9 Å². The fraction of sp³-hybridized carbons (Fsp3) is 0.833. The monoisotopic (exact) mass is 241 g/mol. The number of hydrogen-bond donors (Lipinski definition) is 1. The molecule has 5 nitrogen and oxygen atoms in total. The summed E-state index contributed by atoms with van der Waals surface area (Å²) in [4.78, 5) is 4.19. The molecule has 0 unspecified atom stereocenters. The van der Waals surface area contributed by atoms with E-state index in [9.17, 15) is 0 Å². The molecule has 1 rings (SSSR count). The van der Waals surface area contributed by atoms with Gasteiger partial charge in [0.15, 0.2) is 5.82 Å². The number of ether oxygens (including phenoxy) is 1. The van der Waals surface area contributed by atoms with Crippen molar-refractivity contribution in [1.82, 2.24) is 10.1 Å². The Labute approximate surface area is 103 Å². The second kappa shape index (κ2) is 5.14. The van der Waals surface area contributed by atoms with E-state index < -0.39 is 5.54 Å². The highest BCUT2D eigenvalue weighted by atomic mass is 16.5. The van der Waals surface area contributed by atoms with Crippen molar-refractivity contribution in [3.63, 3.8) is 0 Å². The summed E-state index contributed by atoms with van der Waals surface area (Å²) in [6.45, 7) is 11.2. The zero-order chi connectivity index (χ0) is 13.1. The lowest BCUT2D eigenvalue weighted by Crippen LogP contribution is -2.30. The molecule has 0 amide bonds. The molecule has 0 bridgehead atoms. The van der Waals surface area contributed by atoms with Crippen LogP contribution in [0.25, 0.3) is 0 Å². The molecule has 0 aliphatic heterocycles. The second-order valence-electron chi connectivity index (χ2n) is 6.10. The van der Waals surface area contributed by atoms with E-state index in [-0.39, 0.29) is 5.41 Å². The lowest BCUT2D eigenvalue weighted by Gasteiger charge is -2.17. The minimum atomic E-state index is -0.576. The molecular formula is C12H23N3O2. The van der Waals surface area contributed by atoms with Gasteiger partial charge in [0.2, 0.25) is 0 Å². The Hall–Kier alpha value is -0.940. The molecule has 0 aliphatic rings. The molecule has 0 fully saturated rings. The summed E-state index contributed by atoms with van der Waals surface area (Å²) < 4.78 is 10.5. The number of nitrogens with zero attached hydrogens (tertiary/aromatic N) is 2. The van der Waals surface area contributed by atoms with Crippen molar-refractivity contribution in [2.75, 3.05) is 6.61 Å². The largest absolute Gasteiger partial charge is 0.372 e. The fourth-order valence-corrected chi connectivity index (χ4v) is 1.11. The van der Waals surface area contributed by atoms with Gasteiger partial charge in [0.05, 0.1) is 5.54 Å². The van der Waals surface area contributed by atoms with Crippen LogP contribution in [0.5, 0.6) is 0 Å². The van der Waals surface area contributed by atoms with Crippen molar-refractivity contribution >= 4 is 0 Å². The van der Waals surface area contributed by atoms with Gasteiger partial charge in [-0.1, -0.05) is 25.9 Å². The minimum Gasteiger partial charge on any atom is -0.372 e. The lowest BCUT2D eigenvalue weighted by molar-refractivity contribution is 0.0777. The van der Waals surface area contributed by atoms with E-state index in [0.717, 1.165) is 6.42 Å². The summed E-state index contributed by atoms with van der Waals surface area (Å²) in [7, 11) is 0. The molecule has 0 aliphatic carbocycles. The first-order valence-electron chi connectivity index (χ1n) is 5.88. The summed E-state index contributed by atoms with van der Waals surface area (Å²) in [6.07, 6.45) is 0.996. The molecule has 5 heteroatoms. The van der Waals surface area contributed by atoms with Gasteiger partial charge in [-0.2, -0.15) is 4.98 Å². The van der Waals surface area contributed by atoms with Gasteiger partial charge in [0, 0.05) is 6.61 Å². The third-order valence-corrected chi connectivity index (χ3v) is 2.27. The highest BCUT2D eigenvalue weighted by Crippen LogP contribution is 2.18. The smallest absolute Gasteiger partial charge is 0.252 e. The van der Waals surface area contributed by atoms with Crippen LogP contribution in [0.4, 0.5) is 0 Å². The Morgan fingerprint density at radius 1 is 1.24 bits per heavy atom. The molecule has 0 radical (unpaired) electrons. The molecule has 0 saturated carbocycles. The van der Waals surface area contributed by atoms with Gasteiger partial charge in [0.1, 0.15) is 6.61 Å². The van der Waals surface area contributed by atoms with Gasteiger partial charge in [-0.15, -0.1) is 0 Å². The predicted molar refractivity (Wildman–Crippen MR) is 65.2 cm³/mol. The van der Waals surface area contributed by atoms with E-state index in [1.165, 1.54) is 0 Å². The topological polar surface area (TPSA) is 74.2 Å². The summed E-state index contributed by atoms with van der Waals surface area (Å²) >= 11 is 0. The zero-order valence-corrected chi connectivity index (χ0v) is 11.4. The van der Waals surface area contributed by atoms with Crippen molar-refractivity contribution in [3.8, 4) is 0 Å². The van der Waals surface area contributed by atoms with Crippen LogP contribution in [0.1, 0.15) is 52.8 Å². The van der Waals surface area contributed by atoms with Crippen molar-refractivity contribution in [2.24, 2.45) is 11.1 Å². The van der Waals surface area contributed by atoms with Crippen LogP contribution in [0.3, 0.4) is 0 Å². The Morgan fingerprint density at radius 3 is 2.35 bits per heavy atom. The maximum atomic E-state index is 5.86. The number of hydrogen-bond acceptors (Lipinski definition) is 5. The van der Waals surface area contributed by atoms with Crippen LogP contribution in [-0.4, -0.2) is 16.7 Å². The SMILES string of the molecule is CC(C)(C)CCOCc1nc(C(C)(C)N)no1. The van der Waals surface area contributed by atoms with Gasteiger partial charge in [0.25, 0.3) is 5.89 Å². The number of nitrogens with two attached hydrogens (primary N) is 1. The maximum Gasteiger partial charge on any atom is 0.252 e. The van der Waals surface area contributed by atoms with Gasteiger partial charge in [-0.05, 0) is 25.7 Å². The molecule has 0 spiro atoms. The molecule has 0 atom stereocenters. The Kier molecular flexibility index (Phi) is 4.27. The van der Waals surface area contributed by atoms with Gasteiger partial charge >= 0.3 is 0 Å². The molecule has 2 N–H and O–H groups in total. The summed E-state index contributed by atoms with van der Waals surface area (Å²) in [5, 5.41) is 3.82. The van der Waals surface area contributed by atoms with Crippen molar-refractivity contribution in [1.29, 1.82) is 0 Å². The molecule has 1 aromatic heterocycles. The van der Waals surface area contributed by atoms with Crippen LogP contribution in [-0.2, 0) is 16.9 Å². The Balaban J connectivity index is 2.36. The van der Waals surface area contributed by atoms with Gasteiger partial charge in [-0.25, -0.2) is 0 Å². The molecule has 0 aromatic carbocycles. The highest BCUT2D eigenvalue weighted by Gasteiger charge is 2.21. The van der Waals surface area contributed by atoms with E-state index in [4.69, 9.17) is 15.0 Å². The number of aromatic nitrogens is 2. The first-order chi connectivity index (χ1) is 7.68. The quantitative estimate of drug-likeness (QED) is 0.800. The van der Waals surface area contributed by atoms with E-state index in [1.54, 1.807) is 0 Å².